The van der Waals surface area contributed by atoms with E-state index in [1.165, 1.54) is 0 Å². The average molecular weight is 431 g/mol. The Kier molecular flexibility index (Phi) is 5.17. The van der Waals surface area contributed by atoms with E-state index in [1.54, 1.807) is 7.11 Å². The Labute approximate surface area is 186 Å². The van der Waals surface area contributed by atoms with Crippen LogP contribution < -0.4 is 15.4 Å². The zero-order valence-corrected chi connectivity index (χ0v) is 18.0. The molecule has 0 radical (unpaired) electrons. The van der Waals surface area contributed by atoms with E-state index in [1.807, 2.05) is 65.3 Å². The molecule has 1 aromatic heterocycles. The Morgan fingerprint density at radius 3 is 2.53 bits per heavy atom. The number of methoxy groups -OCH3 is 1. The summed E-state index contributed by atoms with van der Waals surface area (Å²) in [5.41, 5.74) is 3.02. The van der Waals surface area contributed by atoms with Gasteiger partial charge in [0.2, 0.25) is 5.91 Å². The van der Waals surface area contributed by atoms with Gasteiger partial charge in [-0.2, -0.15) is 5.10 Å². The number of fused-ring (bicyclic) bond motifs is 1. The van der Waals surface area contributed by atoms with Crippen molar-refractivity contribution in [3.63, 3.8) is 0 Å². The third-order valence-corrected chi connectivity index (χ3v) is 6.40. The summed E-state index contributed by atoms with van der Waals surface area (Å²) in [6, 6.07) is 19.3. The Bertz CT molecular complexity index is 1110. The molecule has 2 aromatic carbocycles. The zero-order chi connectivity index (χ0) is 22.1. The van der Waals surface area contributed by atoms with Crippen molar-refractivity contribution < 1.29 is 14.3 Å². The minimum atomic E-state index is -0.431. The molecule has 3 aromatic rings. The molecule has 1 aliphatic carbocycles. The second kappa shape index (κ2) is 8.15. The molecule has 1 fully saturated rings. The second-order valence-electron chi connectivity index (χ2n) is 8.56. The number of rotatable bonds is 7. The van der Waals surface area contributed by atoms with Crippen LogP contribution in [0.1, 0.15) is 40.2 Å². The number of hydrogen-bond acceptors (Lipinski definition) is 4. The third-order valence-electron chi connectivity index (χ3n) is 6.40. The number of aromatic nitrogens is 2. The maximum atomic E-state index is 13.1. The average Bonchev–Trinajstić information content (AvgIpc) is 3.42. The molecule has 0 bridgehead atoms. The van der Waals surface area contributed by atoms with E-state index in [0.29, 0.717) is 25.2 Å². The lowest BCUT2D eigenvalue weighted by Gasteiger charge is -2.19. The minimum absolute atomic E-state index is 0.0119. The number of amides is 2. The largest absolute Gasteiger partial charge is 0.497 e. The summed E-state index contributed by atoms with van der Waals surface area (Å²) in [6.07, 6.45) is 2.38. The highest BCUT2D eigenvalue weighted by Crippen LogP contribution is 2.48. The first-order valence-electron chi connectivity index (χ1n) is 10.9. The van der Waals surface area contributed by atoms with Crippen LogP contribution in [-0.2, 0) is 29.7 Å². The van der Waals surface area contributed by atoms with Crippen molar-refractivity contribution in [1.29, 1.82) is 0 Å². The molecule has 5 rings (SSSR count). The lowest BCUT2D eigenvalue weighted by atomic mass is 9.94. The first-order valence-corrected chi connectivity index (χ1v) is 10.9. The van der Waals surface area contributed by atoms with Crippen molar-refractivity contribution in [2.24, 2.45) is 0 Å². The molecule has 7 nitrogen and oxygen atoms in total. The maximum absolute atomic E-state index is 13.1. The van der Waals surface area contributed by atoms with Gasteiger partial charge in [0.05, 0.1) is 25.1 Å². The van der Waals surface area contributed by atoms with Gasteiger partial charge in [-0.1, -0.05) is 42.5 Å². The quantitative estimate of drug-likeness (QED) is 0.603. The topological polar surface area (TPSA) is 85.2 Å². The van der Waals surface area contributed by atoms with Crippen LogP contribution in [0.2, 0.25) is 0 Å². The van der Waals surface area contributed by atoms with Gasteiger partial charge in [0.25, 0.3) is 5.91 Å². The lowest BCUT2D eigenvalue weighted by molar-refractivity contribution is -0.124. The molecule has 1 atom stereocenters. The minimum Gasteiger partial charge on any atom is -0.497 e. The van der Waals surface area contributed by atoms with Crippen molar-refractivity contribution >= 4 is 11.8 Å². The van der Waals surface area contributed by atoms with E-state index in [0.717, 1.165) is 35.4 Å². The number of carbonyl (C=O) groups is 2. The second-order valence-corrected chi connectivity index (χ2v) is 8.56. The fraction of sp³-hybridized carbons (Fsp3) is 0.320. The molecule has 2 amide bonds. The van der Waals surface area contributed by atoms with Crippen LogP contribution in [0, 0.1) is 0 Å². The predicted octanol–water partition coefficient (Wildman–Crippen LogP) is 2.59. The van der Waals surface area contributed by atoms with E-state index in [2.05, 4.69) is 15.7 Å². The highest BCUT2D eigenvalue weighted by Gasteiger charge is 2.51. The van der Waals surface area contributed by atoms with Crippen LogP contribution in [0.5, 0.6) is 5.75 Å². The molecule has 2 N–H and O–H groups in total. The molecule has 2 aliphatic rings. The summed E-state index contributed by atoms with van der Waals surface area (Å²) < 4.78 is 7.05. The van der Waals surface area contributed by atoms with Gasteiger partial charge in [-0.25, -0.2) is 0 Å². The molecular weight excluding hydrogens is 404 g/mol. The number of nitrogens with zero attached hydrogens (tertiary/aromatic N) is 2. The van der Waals surface area contributed by atoms with E-state index in [4.69, 9.17) is 4.74 Å². The number of ether oxygens (including phenoxy) is 1. The van der Waals surface area contributed by atoms with E-state index < -0.39 is 5.41 Å². The number of carbonyl (C=O) groups excluding carboxylic acids is 2. The summed E-state index contributed by atoms with van der Waals surface area (Å²) in [5.74, 6) is 0.668. The first-order chi connectivity index (χ1) is 15.6. The molecule has 2 heterocycles. The SMILES string of the molecule is COc1ccc(C2(C(=O)N[C@H]3Cc4cc(C(=O)NCc5ccccc5)nn4C3)CC2)cc1. The normalized spacial score (nSPS) is 18.0. The van der Waals surface area contributed by atoms with Crippen molar-refractivity contribution in [3.05, 3.63) is 83.2 Å². The van der Waals surface area contributed by atoms with Crippen LogP contribution in [0.4, 0.5) is 0 Å². The molecule has 1 saturated carbocycles. The Morgan fingerprint density at radius 2 is 1.88 bits per heavy atom. The molecule has 0 spiro atoms. The van der Waals surface area contributed by atoms with Gasteiger partial charge in [-0.3, -0.25) is 14.3 Å². The highest BCUT2D eigenvalue weighted by atomic mass is 16.5. The van der Waals surface area contributed by atoms with Crippen molar-refractivity contribution in [3.8, 4) is 5.75 Å². The number of benzene rings is 2. The molecule has 7 heteroatoms. The predicted molar refractivity (Wildman–Crippen MR) is 119 cm³/mol. The summed E-state index contributed by atoms with van der Waals surface area (Å²) in [6.45, 7) is 1.04. The van der Waals surface area contributed by atoms with Gasteiger partial charge in [0, 0.05) is 18.7 Å². The third kappa shape index (κ3) is 3.86. The Morgan fingerprint density at radius 1 is 1.12 bits per heavy atom. The van der Waals surface area contributed by atoms with Crippen LogP contribution in [0.25, 0.3) is 0 Å². The van der Waals surface area contributed by atoms with Crippen LogP contribution in [0.15, 0.2) is 60.7 Å². The molecule has 164 valence electrons. The highest BCUT2D eigenvalue weighted by molar-refractivity contribution is 5.92. The molecule has 1 aliphatic heterocycles. The summed E-state index contributed by atoms with van der Waals surface area (Å²) in [4.78, 5) is 25.5. The Balaban J connectivity index is 1.17. The van der Waals surface area contributed by atoms with Crippen LogP contribution >= 0.6 is 0 Å². The van der Waals surface area contributed by atoms with Gasteiger partial charge < -0.3 is 15.4 Å². The van der Waals surface area contributed by atoms with Crippen LogP contribution in [0.3, 0.4) is 0 Å². The number of hydrogen-bond donors (Lipinski definition) is 2. The smallest absolute Gasteiger partial charge is 0.272 e. The summed E-state index contributed by atoms with van der Waals surface area (Å²) in [5, 5.41) is 10.6. The van der Waals surface area contributed by atoms with Gasteiger partial charge in [-0.05, 0) is 42.2 Å². The van der Waals surface area contributed by atoms with Gasteiger partial charge in [0.1, 0.15) is 11.4 Å². The standard InChI is InChI=1S/C25H26N4O3/c1-32-21-9-7-18(8-10-21)25(11-12-25)24(31)27-19-13-20-14-22(28-29(20)16-19)23(30)26-15-17-5-3-2-4-6-17/h2-10,14,19H,11-13,15-16H2,1H3,(H,26,30)(H,27,31)/t19-/m0/s1. The lowest BCUT2D eigenvalue weighted by Crippen LogP contribution is -2.42. The van der Waals surface area contributed by atoms with E-state index in [-0.39, 0.29) is 17.9 Å². The van der Waals surface area contributed by atoms with Crippen LogP contribution in [-0.4, -0.2) is 34.7 Å². The summed E-state index contributed by atoms with van der Waals surface area (Å²) >= 11 is 0. The molecule has 0 unspecified atom stereocenters. The summed E-state index contributed by atoms with van der Waals surface area (Å²) in [7, 11) is 1.64. The fourth-order valence-corrected chi connectivity index (χ4v) is 4.39. The van der Waals surface area contributed by atoms with Gasteiger partial charge in [0.15, 0.2) is 0 Å². The van der Waals surface area contributed by atoms with Crippen molar-refractivity contribution in [1.82, 2.24) is 20.4 Å². The molecular formula is C25H26N4O3. The fourth-order valence-electron chi connectivity index (χ4n) is 4.39. The van der Waals surface area contributed by atoms with Crippen molar-refractivity contribution in [2.45, 2.75) is 43.8 Å². The number of nitrogens with one attached hydrogen (secondary N) is 2. The van der Waals surface area contributed by atoms with Gasteiger partial charge >= 0.3 is 0 Å². The zero-order valence-electron chi connectivity index (χ0n) is 18.0. The maximum Gasteiger partial charge on any atom is 0.272 e. The van der Waals surface area contributed by atoms with E-state index in [9.17, 15) is 9.59 Å². The van der Waals surface area contributed by atoms with Gasteiger partial charge in [-0.15, -0.1) is 0 Å². The Hall–Kier alpha value is -3.61. The molecule has 0 saturated heterocycles. The monoisotopic (exact) mass is 430 g/mol. The van der Waals surface area contributed by atoms with E-state index >= 15 is 0 Å². The van der Waals surface area contributed by atoms with Crippen molar-refractivity contribution in [2.75, 3.05) is 7.11 Å². The molecule has 32 heavy (non-hydrogen) atoms. The first kappa shape index (κ1) is 20.3.